The van der Waals surface area contributed by atoms with E-state index in [1.807, 2.05) is 20.9 Å². The lowest BCUT2D eigenvalue weighted by molar-refractivity contribution is -0.131. The summed E-state index contributed by atoms with van der Waals surface area (Å²) in [5.41, 5.74) is 0. The molecule has 0 aromatic rings. The second-order valence-corrected chi connectivity index (χ2v) is 5.91. The summed E-state index contributed by atoms with van der Waals surface area (Å²) in [4.78, 5) is 14.3. The number of halogens is 1. The smallest absolute Gasteiger partial charge is 0.233 e. The molecule has 1 saturated carbocycles. The fraction of sp³-hybridized carbons (Fsp3) is 0.933. The van der Waals surface area contributed by atoms with Crippen molar-refractivity contribution >= 4 is 21.8 Å². The maximum Gasteiger partial charge on any atom is 0.233 e. The minimum Gasteiger partial charge on any atom is -0.334 e. The van der Waals surface area contributed by atoms with Crippen LogP contribution < -0.4 is 5.32 Å². The molecule has 1 aliphatic heterocycles. The Labute approximate surface area is 126 Å². The molecule has 112 valence electrons. The van der Waals surface area contributed by atoms with Crippen LogP contribution in [0.15, 0.2) is 0 Å². The minimum absolute atomic E-state index is 0.277. The van der Waals surface area contributed by atoms with Crippen molar-refractivity contribution < 1.29 is 4.79 Å². The summed E-state index contributed by atoms with van der Waals surface area (Å²) in [7, 11) is 1.98. The third-order valence-corrected chi connectivity index (χ3v) is 4.77. The number of likely N-dealkylation sites (tertiary alicyclic amines) is 1. The van der Waals surface area contributed by atoms with Gasteiger partial charge in [0.1, 0.15) is 0 Å². The first-order chi connectivity index (χ1) is 9.27. The van der Waals surface area contributed by atoms with E-state index in [9.17, 15) is 4.79 Å². The Kier molecular flexibility index (Phi) is 8.00. The summed E-state index contributed by atoms with van der Waals surface area (Å²) in [5.74, 6) is 1.03. The zero-order valence-electron chi connectivity index (χ0n) is 12.6. The van der Waals surface area contributed by atoms with Gasteiger partial charge in [0.15, 0.2) is 0 Å². The summed E-state index contributed by atoms with van der Waals surface area (Å²) in [6.07, 6.45) is 7.72. The molecule has 1 heterocycles. The van der Waals surface area contributed by atoms with E-state index in [4.69, 9.17) is 0 Å². The zero-order chi connectivity index (χ0) is 14.3. The van der Waals surface area contributed by atoms with Crippen LogP contribution >= 0.6 is 15.9 Å². The predicted molar refractivity (Wildman–Crippen MR) is 84.7 cm³/mol. The van der Waals surface area contributed by atoms with Gasteiger partial charge in [-0.3, -0.25) is 4.79 Å². The summed E-state index contributed by atoms with van der Waals surface area (Å²) >= 11 is 3.33. The fourth-order valence-corrected chi connectivity index (χ4v) is 3.90. The first-order valence-electron chi connectivity index (χ1n) is 7.79. The highest BCUT2D eigenvalue weighted by Crippen LogP contribution is 2.38. The molecule has 0 aromatic heterocycles. The molecule has 0 unspecified atom stereocenters. The number of hydrogen-bond donors (Lipinski definition) is 1. The normalized spacial score (nSPS) is 30.1. The zero-order valence-corrected chi connectivity index (χ0v) is 14.2. The van der Waals surface area contributed by atoms with Crippen molar-refractivity contribution in [2.24, 2.45) is 5.92 Å². The van der Waals surface area contributed by atoms with E-state index in [1.54, 1.807) is 0 Å². The molecule has 1 amide bonds. The predicted octanol–water partition coefficient (Wildman–Crippen LogP) is 3.18. The Morgan fingerprint density at radius 1 is 1.26 bits per heavy atom. The van der Waals surface area contributed by atoms with Crippen LogP contribution in [0.25, 0.3) is 0 Å². The number of rotatable bonds is 3. The first-order valence-corrected chi connectivity index (χ1v) is 8.91. The van der Waals surface area contributed by atoms with Crippen molar-refractivity contribution in [1.29, 1.82) is 0 Å². The van der Waals surface area contributed by atoms with Gasteiger partial charge in [0, 0.05) is 18.6 Å². The molecule has 0 radical (unpaired) electrons. The van der Waals surface area contributed by atoms with Crippen LogP contribution in [0.2, 0.25) is 0 Å². The molecule has 1 N–H and O–H groups in total. The topological polar surface area (TPSA) is 32.3 Å². The number of carbonyl (C=O) groups excluding carboxylic acids is 1. The van der Waals surface area contributed by atoms with E-state index >= 15 is 0 Å². The SMILES string of the molecule is CC.CNC[C@H]1C[C@@H]2CCCCC[C@H]2N1C(=O)CBr. The van der Waals surface area contributed by atoms with Crippen LogP contribution in [-0.4, -0.2) is 41.8 Å². The van der Waals surface area contributed by atoms with Crippen molar-refractivity contribution in [1.82, 2.24) is 10.2 Å². The van der Waals surface area contributed by atoms with Crippen LogP contribution in [0, 0.1) is 5.92 Å². The van der Waals surface area contributed by atoms with Crippen molar-refractivity contribution in [2.45, 2.75) is 64.5 Å². The van der Waals surface area contributed by atoms with Crippen LogP contribution in [0.3, 0.4) is 0 Å². The third-order valence-electron chi connectivity index (χ3n) is 4.29. The highest BCUT2D eigenvalue weighted by atomic mass is 79.9. The molecule has 1 aliphatic carbocycles. The molecule has 3 atom stereocenters. The summed E-state index contributed by atoms with van der Waals surface area (Å²) in [6, 6.07) is 0.930. The molecular formula is C15H29BrN2O. The largest absolute Gasteiger partial charge is 0.334 e. The molecule has 1 saturated heterocycles. The molecule has 2 aliphatic rings. The van der Waals surface area contributed by atoms with E-state index in [-0.39, 0.29) is 5.91 Å². The molecule has 0 bridgehead atoms. The second kappa shape index (κ2) is 8.96. The highest BCUT2D eigenvalue weighted by Gasteiger charge is 2.42. The van der Waals surface area contributed by atoms with Gasteiger partial charge in [-0.05, 0) is 32.2 Å². The van der Waals surface area contributed by atoms with Gasteiger partial charge in [-0.15, -0.1) is 0 Å². The van der Waals surface area contributed by atoms with Gasteiger partial charge in [0.2, 0.25) is 5.91 Å². The Morgan fingerprint density at radius 3 is 2.58 bits per heavy atom. The molecule has 0 spiro atoms. The molecule has 2 fully saturated rings. The van der Waals surface area contributed by atoms with Crippen molar-refractivity contribution in [3.05, 3.63) is 0 Å². The van der Waals surface area contributed by atoms with Gasteiger partial charge in [0.25, 0.3) is 0 Å². The van der Waals surface area contributed by atoms with Gasteiger partial charge < -0.3 is 10.2 Å². The van der Waals surface area contributed by atoms with E-state index in [0.29, 0.717) is 17.4 Å². The average molecular weight is 333 g/mol. The maximum atomic E-state index is 12.1. The highest BCUT2D eigenvalue weighted by molar-refractivity contribution is 9.09. The van der Waals surface area contributed by atoms with Crippen LogP contribution in [0.4, 0.5) is 0 Å². The number of alkyl halides is 1. The Balaban J connectivity index is 0.000000861. The number of carbonyl (C=O) groups is 1. The van der Waals surface area contributed by atoms with Gasteiger partial charge in [0.05, 0.1) is 5.33 Å². The number of fused-ring (bicyclic) bond motifs is 1. The van der Waals surface area contributed by atoms with Crippen molar-refractivity contribution in [3.8, 4) is 0 Å². The van der Waals surface area contributed by atoms with Gasteiger partial charge >= 0.3 is 0 Å². The van der Waals surface area contributed by atoms with Crippen molar-refractivity contribution in [3.63, 3.8) is 0 Å². The maximum absolute atomic E-state index is 12.1. The van der Waals surface area contributed by atoms with Gasteiger partial charge in [-0.2, -0.15) is 0 Å². The van der Waals surface area contributed by atoms with Crippen molar-refractivity contribution in [2.75, 3.05) is 18.9 Å². The number of nitrogens with one attached hydrogen (secondary N) is 1. The Morgan fingerprint density at radius 2 is 1.95 bits per heavy atom. The second-order valence-electron chi connectivity index (χ2n) is 5.35. The number of likely N-dealkylation sites (N-methyl/N-ethyl adjacent to an activating group) is 1. The molecule has 3 nitrogen and oxygen atoms in total. The number of amides is 1. The number of nitrogens with zero attached hydrogens (tertiary/aromatic N) is 1. The summed E-state index contributed by atoms with van der Waals surface area (Å²) < 4.78 is 0. The summed E-state index contributed by atoms with van der Waals surface area (Å²) in [6.45, 7) is 4.94. The third kappa shape index (κ3) is 4.19. The molecule has 0 aromatic carbocycles. The molecule has 19 heavy (non-hydrogen) atoms. The molecule has 4 heteroatoms. The monoisotopic (exact) mass is 332 g/mol. The lowest BCUT2D eigenvalue weighted by atomic mass is 9.94. The fourth-order valence-electron chi connectivity index (χ4n) is 3.61. The van der Waals surface area contributed by atoms with Crippen LogP contribution in [0.1, 0.15) is 52.4 Å². The first kappa shape index (κ1) is 17.0. The van der Waals surface area contributed by atoms with E-state index < -0.39 is 0 Å². The van der Waals surface area contributed by atoms with E-state index in [2.05, 4.69) is 26.1 Å². The van der Waals surface area contributed by atoms with Crippen LogP contribution in [-0.2, 0) is 4.79 Å². The average Bonchev–Trinajstić information content (AvgIpc) is 2.62. The van der Waals surface area contributed by atoms with E-state index in [0.717, 1.165) is 12.5 Å². The van der Waals surface area contributed by atoms with Crippen LogP contribution in [0.5, 0.6) is 0 Å². The standard InChI is InChI=1S/C13H23BrN2O.C2H6/c1-15-9-11-7-10-5-3-2-4-6-12(10)16(11)13(17)8-14;1-2/h10-12,15H,2-9H2,1H3;1-2H3/t10-,11+,12+;/m0./s1. The lowest BCUT2D eigenvalue weighted by Gasteiger charge is -2.30. The Hall–Kier alpha value is -0.0900. The summed E-state index contributed by atoms with van der Waals surface area (Å²) in [5, 5.41) is 3.70. The van der Waals surface area contributed by atoms with E-state index in [1.165, 1.54) is 38.5 Å². The minimum atomic E-state index is 0.277. The van der Waals surface area contributed by atoms with Gasteiger partial charge in [-0.1, -0.05) is 49.0 Å². The lowest BCUT2D eigenvalue weighted by Crippen LogP contribution is -2.46. The quantitative estimate of drug-likeness (QED) is 0.805. The number of hydrogen-bond acceptors (Lipinski definition) is 2. The molecular weight excluding hydrogens is 304 g/mol. The Bertz CT molecular complexity index is 273. The molecule has 2 rings (SSSR count). The van der Waals surface area contributed by atoms with Gasteiger partial charge in [-0.25, -0.2) is 0 Å².